The molecular weight excluding hydrogens is 403 g/mol. The van der Waals surface area contributed by atoms with E-state index in [-0.39, 0.29) is 17.8 Å². The van der Waals surface area contributed by atoms with Crippen LogP contribution >= 0.6 is 11.9 Å². The van der Waals surface area contributed by atoms with Crippen LogP contribution in [0.2, 0.25) is 0 Å². The Labute approximate surface area is 170 Å². The predicted molar refractivity (Wildman–Crippen MR) is 104 cm³/mol. The number of halogens is 3. The molecule has 1 saturated carbocycles. The third-order valence-corrected chi connectivity index (χ3v) is 7.03. The van der Waals surface area contributed by atoms with Gasteiger partial charge in [-0.05, 0) is 37.6 Å². The molecule has 2 unspecified atom stereocenters. The molecule has 154 valence electrons. The lowest BCUT2D eigenvalue weighted by molar-refractivity contribution is 0.139. The normalized spacial score (nSPS) is 23.3. The second-order valence-electron chi connectivity index (χ2n) is 7.59. The van der Waals surface area contributed by atoms with Crippen LogP contribution in [0.4, 0.5) is 29.3 Å². The summed E-state index contributed by atoms with van der Waals surface area (Å²) in [5, 5.41) is 7.15. The van der Waals surface area contributed by atoms with Gasteiger partial charge >= 0.3 is 6.03 Å². The Bertz CT molecular complexity index is 925. The Morgan fingerprint density at radius 3 is 2.62 bits per heavy atom. The smallest absolute Gasteiger partial charge is 0.313 e. The number of hydrogen-bond acceptors (Lipinski definition) is 4. The van der Waals surface area contributed by atoms with Gasteiger partial charge in [-0.3, -0.25) is 4.68 Å². The molecule has 3 heterocycles. The molecule has 0 spiro atoms. The summed E-state index contributed by atoms with van der Waals surface area (Å²) in [7, 11) is 0. The lowest BCUT2D eigenvalue weighted by Gasteiger charge is -2.39. The number of carbonyl (C=O) groups is 1. The zero-order chi connectivity index (χ0) is 20.1. The number of aromatic nitrogens is 2. The highest BCUT2D eigenvalue weighted by atomic mass is 32.2. The first-order chi connectivity index (χ1) is 14.0. The molecule has 5 rings (SSSR count). The molecule has 0 radical (unpaired) electrons. The van der Waals surface area contributed by atoms with Crippen molar-refractivity contribution in [3.63, 3.8) is 0 Å². The van der Waals surface area contributed by atoms with Crippen molar-refractivity contribution in [3.8, 4) is 0 Å². The number of nitrogens with zero attached hydrogens (tertiary/aromatic N) is 4. The summed E-state index contributed by atoms with van der Waals surface area (Å²) in [5.41, 5.74) is 1.90. The van der Waals surface area contributed by atoms with Crippen molar-refractivity contribution in [2.24, 2.45) is 0 Å². The third kappa shape index (κ3) is 3.13. The molecule has 6 nitrogen and oxygen atoms in total. The minimum absolute atomic E-state index is 0.0309. The van der Waals surface area contributed by atoms with Crippen LogP contribution < -0.4 is 9.62 Å². The maximum Gasteiger partial charge on any atom is 0.322 e. The number of nitrogens with one attached hydrogen (secondary N) is 1. The van der Waals surface area contributed by atoms with Gasteiger partial charge < -0.3 is 14.5 Å². The summed E-state index contributed by atoms with van der Waals surface area (Å²) >= 11 is 1.76. The molecule has 1 aromatic carbocycles. The van der Waals surface area contributed by atoms with Crippen LogP contribution in [0, 0.1) is 17.5 Å². The lowest BCUT2D eigenvalue weighted by atomic mass is 10.1. The molecule has 1 saturated heterocycles. The number of rotatable bonds is 2. The number of urea groups is 1. The van der Waals surface area contributed by atoms with Gasteiger partial charge in [0.2, 0.25) is 0 Å². The van der Waals surface area contributed by atoms with Gasteiger partial charge in [0.15, 0.2) is 17.5 Å². The van der Waals surface area contributed by atoms with Gasteiger partial charge in [0.25, 0.3) is 0 Å². The van der Waals surface area contributed by atoms with Crippen molar-refractivity contribution >= 4 is 29.4 Å². The summed E-state index contributed by atoms with van der Waals surface area (Å²) in [5.74, 6) is -3.15. The van der Waals surface area contributed by atoms with E-state index in [1.54, 1.807) is 16.8 Å². The fourth-order valence-corrected chi connectivity index (χ4v) is 5.59. The van der Waals surface area contributed by atoms with Crippen molar-refractivity contribution in [1.82, 2.24) is 14.7 Å². The quantitative estimate of drug-likeness (QED) is 0.578. The maximum atomic E-state index is 13.5. The van der Waals surface area contributed by atoms with Gasteiger partial charge in [0.1, 0.15) is 0 Å². The SMILES string of the molecule is O=C(Nc1cc(F)c(F)c(F)c1)N1Cc2c(N3CCCS3)cnn2C2CCCC21. The van der Waals surface area contributed by atoms with Gasteiger partial charge in [0.05, 0.1) is 36.2 Å². The maximum absolute atomic E-state index is 13.5. The standard InChI is InChI=1S/C19H20F3N5OS/c20-12-7-11(8-13(21)18(12)22)24-19(28)25-10-17-16(26-5-2-6-29-26)9-23-27(17)15-4-1-3-14(15)25/h7-9,14-15H,1-6,10H2,(H,24,28). The van der Waals surface area contributed by atoms with Crippen molar-refractivity contribution in [2.75, 3.05) is 21.9 Å². The van der Waals surface area contributed by atoms with Crippen LogP contribution in [0.1, 0.15) is 37.4 Å². The van der Waals surface area contributed by atoms with Gasteiger partial charge in [-0.15, -0.1) is 0 Å². The number of anilines is 2. The number of hydrogen-bond donors (Lipinski definition) is 1. The molecule has 0 bridgehead atoms. The molecule has 2 atom stereocenters. The van der Waals surface area contributed by atoms with Crippen molar-refractivity contribution in [1.29, 1.82) is 0 Å². The first-order valence-electron chi connectivity index (χ1n) is 9.72. The monoisotopic (exact) mass is 423 g/mol. The Morgan fingerprint density at radius 1 is 1.14 bits per heavy atom. The average Bonchev–Trinajstić information content (AvgIpc) is 3.43. The minimum Gasteiger partial charge on any atom is -0.313 e. The van der Waals surface area contributed by atoms with E-state index in [4.69, 9.17) is 0 Å². The van der Waals surface area contributed by atoms with Crippen molar-refractivity contribution in [2.45, 2.75) is 44.3 Å². The number of carbonyl (C=O) groups excluding carboxylic acids is 1. The van der Waals surface area contributed by atoms with E-state index in [0.29, 0.717) is 6.54 Å². The average molecular weight is 423 g/mol. The molecule has 29 heavy (non-hydrogen) atoms. The first kappa shape index (κ1) is 18.7. The summed E-state index contributed by atoms with van der Waals surface area (Å²) in [6.45, 7) is 1.31. The summed E-state index contributed by atoms with van der Waals surface area (Å²) in [6, 6.07) is 1.20. The van der Waals surface area contributed by atoms with E-state index >= 15 is 0 Å². The van der Waals surface area contributed by atoms with E-state index in [1.165, 1.54) is 0 Å². The zero-order valence-corrected chi connectivity index (χ0v) is 16.4. The molecule has 1 aliphatic carbocycles. The Hall–Kier alpha value is -2.36. The van der Waals surface area contributed by atoms with Gasteiger partial charge in [0, 0.05) is 30.1 Å². The van der Waals surface area contributed by atoms with Gasteiger partial charge in [-0.25, -0.2) is 18.0 Å². The topological polar surface area (TPSA) is 53.4 Å². The van der Waals surface area contributed by atoms with Crippen LogP contribution in [0.5, 0.6) is 0 Å². The molecule has 1 aromatic heterocycles. The number of fused-ring (bicyclic) bond motifs is 3. The molecule has 1 N–H and O–H groups in total. The summed E-state index contributed by atoms with van der Waals surface area (Å²) < 4.78 is 44.5. The highest BCUT2D eigenvalue weighted by Gasteiger charge is 2.42. The number of benzene rings is 1. The second-order valence-corrected chi connectivity index (χ2v) is 8.69. The first-order valence-corrected chi connectivity index (χ1v) is 10.7. The fourth-order valence-electron chi connectivity index (χ4n) is 4.56. The highest BCUT2D eigenvalue weighted by molar-refractivity contribution is 8.00. The van der Waals surface area contributed by atoms with Crippen LogP contribution in [-0.4, -0.2) is 39.1 Å². The molecule has 10 heteroatoms. The zero-order valence-electron chi connectivity index (χ0n) is 15.6. The van der Waals surface area contributed by atoms with E-state index in [2.05, 4.69) is 14.7 Å². The minimum atomic E-state index is -1.55. The van der Waals surface area contributed by atoms with E-state index < -0.39 is 23.5 Å². The molecule has 2 fully saturated rings. The van der Waals surface area contributed by atoms with Gasteiger partial charge in [-0.1, -0.05) is 0 Å². The third-order valence-electron chi connectivity index (χ3n) is 5.87. The largest absolute Gasteiger partial charge is 0.322 e. The molecule has 3 aliphatic rings. The van der Waals surface area contributed by atoms with Crippen molar-refractivity contribution in [3.05, 3.63) is 41.5 Å². The van der Waals surface area contributed by atoms with Gasteiger partial charge in [-0.2, -0.15) is 5.10 Å². The number of amides is 2. The van der Waals surface area contributed by atoms with E-state index in [9.17, 15) is 18.0 Å². The Morgan fingerprint density at radius 2 is 1.90 bits per heavy atom. The Kier molecular flexibility index (Phi) is 4.60. The summed E-state index contributed by atoms with van der Waals surface area (Å²) in [6.07, 6.45) is 5.72. The highest BCUT2D eigenvalue weighted by Crippen LogP contribution is 2.43. The molecule has 2 aromatic rings. The molecule has 2 aliphatic heterocycles. The van der Waals surface area contributed by atoms with Crippen LogP contribution in [0.3, 0.4) is 0 Å². The summed E-state index contributed by atoms with van der Waals surface area (Å²) in [4.78, 5) is 14.7. The van der Waals surface area contributed by atoms with E-state index in [0.717, 1.165) is 61.5 Å². The second kappa shape index (κ2) is 7.16. The van der Waals surface area contributed by atoms with Crippen LogP contribution in [0.15, 0.2) is 18.3 Å². The molecule has 2 amide bonds. The van der Waals surface area contributed by atoms with Crippen molar-refractivity contribution < 1.29 is 18.0 Å². The van der Waals surface area contributed by atoms with E-state index in [1.807, 2.05) is 10.9 Å². The lowest BCUT2D eigenvalue weighted by Crippen LogP contribution is -2.49. The predicted octanol–water partition coefficient (Wildman–Crippen LogP) is 4.30. The van der Waals surface area contributed by atoms with Crippen LogP contribution in [0.25, 0.3) is 0 Å². The molecular formula is C19H20F3N5OS. The van der Waals surface area contributed by atoms with Crippen LogP contribution in [-0.2, 0) is 6.54 Å². The fraction of sp³-hybridized carbons (Fsp3) is 0.474. The Balaban J connectivity index is 1.43.